The molecule has 0 aliphatic rings. The number of hydrogen-bond acceptors (Lipinski definition) is 4. The molecular weight excluding hydrogens is 256 g/mol. The molecule has 1 aromatic carbocycles. The van der Waals surface area contributed by atoms with Crippen molar-refractivity contribution >= 4 is 5.91 Å². The summed E-state index contributed by atoms with van der Waals surface area (Å²) in [5.41, 5.74) is 2.72. The standard InChI is InChI=1S/C15H24N2O3/c1-2-3-12-20-14-8-6-13(7-9-14)15(18)16-10-4-5-11-17-19/h6-9,17,19H,2-5,10-12H2,1H3,(H,16,18). The Kier molecular flexibility index (Phi) is 8.42. The highest BCUT2D eigenvalue weighted by Gasteiger charge is 2.04. The summed E-state index contributed by atoms with van der Waals surface area (Å²) in [7, 11) is 0. The quantitative estimate of drug-likeness (QED) is 0.454. The highest BCUT2D eigenvalue weighted by Crippen LogP contribution is 2.12. The van der Waals surface area contributed by atoms with Gasteiger partial charge in [-0.15, -0.1) is 0 Å². The fourth-order valence-electron chi connectivity index (χ4n) is 1.67. The summed E-state index contributed by atoms with van der Waals surface area (Å²) in [6.45, 7) is 3.98. The van der Waals surface area contributed by atoms with Gasteiger partial charge in [-0.05, 0) is 43.5 Å². The van der Waals surface area contributed by atoms with Crippen LogP contribution in [0.4, 0.5) is 0 Å². The Balaban J connectivity index is 2.30. The van der Waals surface area contributed by atoms with Gasteiger partial charge in [0.15, 0.2) is 0 Å². The molecule has 1 rings (SSSR count). The third-order valence-corrected chi connectivity index (χ3v) is 2.88. The van der Waals surface area contributed by atoms with Crippen molar-refractivity contribution in [1.82, 2.24) is 10.8 Å². The van der Waals surface area contributed by atoms with Crippen LogP contribution in [-0.2, 0) is 0 Å². The molecule has 0 aromatic heterocycles. The van der Waals surface area contributed by atoms with Gasteiger partial charge in [-0.2, -0.15) is 0 Å². The van der Waals surface area contributed by atoms with E-state index in [2.05, 4.69) is 17.7 Å². The van der Waals surface area contributed by atoms with Crippen molar-refractivity contribution in [2.75, 3.05) is 19.7 Å². The Morgan fingerprint density at radius 1 is 1.15 bits per heavy atom. The number of nitrogens with one attached hydrogen (secondary N) is 2. The number of unbranched alkanes of at least 4 members (excludes halogenated alkanes) is 2. The van der Waals surface area contributed by atoms with Crippen molar-refractivity contribution < 1.29 is 14.7 Å². The average Bonchev–Trinajstić information content (AvgIpc) is 2.48. The van der Waals surface area contributed by atoms with E-state index in [1.165, 1.54) is 0 Å². The Labute approximate surface area is 120 Å². The Hall–Kier alpha value is -1.59. The Morgan fingerprint density at radius 3 is 2.50 bits per heavy atom. The Bertz CT molecular complexity index is 379. The molecule has 5 heteroatoms. The summed E-state index contributed by atoms with van der Waals surface area (Å²) in [6, 6.07) is 7.18. The summed E-state index contributed by atoms with van der Waals surface area (Å²) in [6.07, 6.45) is 3.79. The lowest BCUT2D eigenvalue weighted by atomic mass is 10.2. The van der Waals surface area contributed by atoms with Crippen LogP contribution in [0.3, 0.4) is 0 Å². The van der Waals surface area contributed by atoms with Crippen LogP contribution in [0.2, 0.25) is 0 Å². The minimum atomic E-state index is -0.0814. The normalized spacial score (nSPS) is 10.3. The van der Waals surface area contributed by atoms with Gasteiger partial charge in [-0.25, -0.2) is 5.48 Å². The van der Waals surface area contributed by atoms with Crippen LogP contribution in [0.5, 0.6) is 5.75 Å². The van der Waals surface area contributed by atoms with Crippen LogP contribution in [0.1, 0.15) is 43.0 Å². The van der Waals surface area contributed by atoms with E-state index in [1.54, 1.807) is 12.1 Å². The van der Waals surface area contributed by atoms with Crippen molar-refractivity contribution in [2.45, 2.75) is 32.6 Å². The third-order valence-electron chi connectivity index (χ3n) is 2.88. The SMILES string of the molecule is CCCCOc1ccc(C(=O)NCCCCNO)cc1. The van der Waals surface area contributed by atoms with Crippen molar-refractivity contribution in [2.24, 2.45) is 0 Å². The van der Waals surface area contributed by atoms with E-state index in [0.29, 0.717) is 25.3 Å². The molecule has 0 aliphatic carbocycles. The summed E-state index contributed by atoms with van der Waals surface area (Å²) in [5.74, 6) is 0.714. The second-order valence-electron chi connectivity index (χ2n) is 4.60. The van der Waals surface area contributed by atoms with Crippen molar-refractivity contribution in [3.05, 3.63) is 29.8 Å². The molecule has 0 fully saturated rings. The largest absolute Gasteiger partial charge is 0.494 e. The first-order valence-electron chi connectivity index (χ1n) is 7.16. The fraction of sp³-hybridized carbons (Fsp3) is 0.533. The molecule has 0 bridgehead atoms. The maximum atomic E-state index is 11.8. The maximum Gasteiger partial charge on any atom is 0.251 e. The molecule has 0 saturated carbocycles. The molecule has 0 unspecified atom stereocenters. The lowest BCUT2D eigenvalue weighted by molar-refractivity contribution is 0.0952. The zero-order chi connectivity index (χ0) is 14.6. The monoisotopic (exact) mass is 280 g/mol. The van der Waals surface area contributed by atoms with Crippen molar-refractivity contribution in [3.8, 4) is 5.75 Å². The number of hydrogen-bond donors (Lipinski definition) is 3. The number of benzene rings is 1. The number of carbonyl (C=O) groups is 1. The minimum absolute atomic E-state index is 0.0814. The minimum Gasteiger partial charge on any atom is -0.494 e. The molecule has 1 aromatic rings. The second kappa shape index (κ2) is 10.2. The predicted octanol–water partition coefficient (Wildman–Crippen LogP) is 2.35. The summed E-state index contributed by atoms with van der Waals surface area (Å²) in [4.78, 5) is 11.8. The molecule has 0 spiro atoms. The highest BCUT2D eigenvalue weighted by atomic mass is 16.5. The molecular formula is C15H24N2O3. The van der Waals surface area contributed by atoms with Crippen LogP contribution in [0.25, 0.3) is 0 Å². The van der Waals surface area contributed by atoms with Crippen molar-refractivity contribution in [1.29, 1.82) is 0 Å². The molecule has 5 nitrogen and oxygen atoms in total. The van der Waals surface area contributed by atoms with Gasteiger partial charge in [0.2, 0.25) is 0 Å². The van der Waals surface area contributed by atoms with E-state index in [4.69, 9.17) is 9.94 Å². The molecule has 112 valence electrons. The first-order chi connectivity index (χ1) is 9.77. The van der Waals surface area contributed by atoms with Crippen LogP contribution in [-0.4, -0.2) is 30.8 Å². The van der Waals surface area contributed by atoms with E-state index in [-0.39, 0.29) is 5.91 Å². The molecule has 0 heterocycles. The summed E-state index contributed by atoms with van der Waals surface area (Å²) in [5, 5.41) is 11.2. The molecule has 0 aliphatic heterocycles. The van der Waals surface area contributed by atoms with Gasteiger partial charge in [0.25, 0.3) is 5.91 Å². The third kappa shape index (κ3) is 6.54. The van der Waals surface area contributed by atoms with Gasteiger partial charge >= 0.3 is 0 Å². The average molecular weight is 280 g/mol. The van der Waals surface area contributed by atoms with Crippen LogP contribution < -0.4 is 15.5 Å². The molecule has 0 atom stereocenters. The van der Waals surface area contributed by atoms with Crippen LogP contribution >= 0.6 is 0 Å². The predicted molar refractivity (Wildman–Crippen MR) is 78.2 cm³/mol. The van der Waals surface area contributed by atoms with Gasteiger partial charge in [0, 0.05) is 18.7 Å². The molecule has 20 heavy (non-hydrogen) atoms. The zero-order valence-corrected chi connectivity index (χ0v) is 12.0. The lowest BCUT2D eigenvalue weighted by Crippen LogP contribution is -2.25. The van der Waals surface area contributed by atoms with E-state index in [1.807, 2.05) is 12.1 Å². The van der Waals surface area contributed by atoms with E-state index in [0.717, 1.165) is 31.4 Å². The number of carbonyl (C=O) groups excluding carboxylic acids is 1. The number of hydroxylamine groups is 1. The van der Waals surface area contributed by atoms with Gasteiger partial charge < -0.3 is 15.3 Å². The summed E-state index contributed by atoms with van der Waals surface area (Å²) < 4.78 is 5.54. The zero-order valence-electron chi connectivity index (χ0n) is 12.0. The first kappa shape index (κ1) is 16.5. The fourth-order valence-corrected chi connectivity index (χ4v) is 1.67. The molecule has 3 N–H and O–H groups in total. The maximum absolute atomic E-state index is 11.8. The lowest BCUT2D eigenvalue weighted by Gasteiger charge is -2.07. The van der Waals surface area contributed by atoms with E-state index in [9.17, 15) is 4.79 Å². The van der Waals surface area contributed by atoms with Crippen molar-refractivity contribution in [3.63, 3.8) is 0 Å². The molecule has 1 amide bonds. The first-order valence-corrected chi connectivity index (χ1v) is 7.16. The summed E-state index contributed by atoms with van der Waals surface area (Å²) >= 11 is 0. The topological polar surface area (TPSA) is 70.6 Å². The number of rotatable bonds is 10. The van der Waals surface area contributed by atoms with Crippen LogP contribution in [0, 0.1) is 0 Å². The number of ether oxygens (including phenoxy) is 1. The molecule has 0 saturated heterocycles. The molecule has 0 radical (unpaired) electrons. The Morgan fingerprint density at radius 2 is 1.85 bits per heavy atom. The van der Waals surface area contributed by atoms with Gasteiger partial charge in [-0.1, -0.05) is 13.3 Å². The van der Waals surface area contributed by atoms with Gasteiger partial charge in [0.1, 0.15) is 5.75 Å². The smallest absolute Gasteiger partial charge is 0.251 e. The van der Waals surface area contributed by atoms with Gasteiger partial charge in [-0.3, -0.25) is 4.79 Å². The van der Waals surface area contributed by atoms with E-state index < -0.39 is 0 Å². The van der Waals surface area contributed by atoms with E-state index >= 15 is 0 Å². The highest BCUT2D eigenvalue weighted by molar-refractivity contribution is 5.94. The van der Waals surface area contributed by atoms with Gasteiger partial charge in [0.05, 0.1) is 6.61 Å². The second-order valence-corrected chi connectivity index (χ2v) is 4.60. The number of amides is 1. The van der Waals surface area contributed by atoms with Crippen LogP contribution in [0.15, 0.2) is 24.3 Å².